The first-order chi connectivity index (χ1) is 11.5. The first-order valence-corrected chi connectivity index (χ1v) is 7.26. The number of carbonyl (C=O) groups excluding carboxylic acids is 3. The standard InChI is InChI=1S/C17H15N3O4/c1-19(2)14(11-6-5-9-18-10-11)17(23)24-20-15(21)12-7-3-4-8-13(12)16(20)22/h3-10,14H,1-2H3. The second-order valence-electron chi connectivity index (χ2n) is 5.51. The molecule has 1 atom stereocenters. The molecule has 0 saturated heterocycles. The van der Waals surface area contributed by atoms with Crippen molar-refractivity contribution in [3.63, 3.8) is 0 Å². The van der Waals surface area contributed by atoms with E-state index in [1.807, 2.05) is 0 Å². The molecule has 1 unspecified atom stereocenters. The lowest BCUT2D eigenvalue weighted by Crippen LogP contribution is -2.38. The topological polar surface area (TPSA) is 79.8 Å². The third-order valence-electron chi connectivity index (χ3n) is 3.68. The SMILES string of the molecule is CN(C)C(C(=O)ON1C(=O)c2ccccc2C1=O)c1cccnc1. The van der Waals surface area contributed by atoms with Crippen LogP contribution < -0.4 is 0 Å². The van der Waals surface area contributed by atoms with Gasteiger partial charge in [0.1, 0.15) is 6.04 Å². The average Bonchev–Trinajstić information content (AvgIpc) is 2.81. The highest BCUT2D eigenvalue weighted by molar-refractivity contribution is 6.20. The summed E-state index contributed by atoms with van der Waals surface area (Å²) in [4.78, 5) is 47.8. The largest absolute Gasteiger partial charge is 0.354 e. The second-order valence-corrected chi connectivity index (χ2v) is 5.51. The number of rotatable bonds is 4. The van der Waals surface area contributed by atoms with Gasteiger partial charge in [0.25, 0.3) is 11.8 Å². The third-order valence-corrected chi connectivity index (χ3v) is 3.68. The molecule has 3 rings (SSSR count). The van der Waals surface area contributed by atoms with Gasteiger partial charge in [-0.05, 0) is 37.9 Å². The summed E-state index contributed by atoms with van der Waals surface area (Å²) in [6.07, 6.45) is 3.13. The van der Waals surface area contributed by atoms with Crippen molar-refractivity contribution in [1.82, 2.24) is 14.9 Å². The van der Waals surface area contributed by atoms with E-state index >= 15 is 0 Å². The van der Waals surface area contributed by atoms with Crippen LogP contribution in [0.4, 0.5) is 0 Å². The smallest absolute Gasteiger partial charge is 0.328 e. The van der Waals surface area contributed by atoms with Crippen LogP contribution in [-0.4, -0.2) is 46.8 Å². The van der Waals surface area contributed by atoms with Gasteiger partial charge in [-0.1, -0.05) is 23.3 Å². The zero-order chi connectivity index (χ0) is 17.3. The number of pyridine rings is 1. The molecule has 1 aromatic carbocycles. The van der Waals surface area contributed by atoms with Crippen LogP contribution in [-0.2, 0) is 9.63 Å². The molecule has 24 heavy (non-hydrogen) atoms. The Morgan fingerprint density at radius 2 is 1.71 bits per heavy atom. The molecule has 1 aromatic heterocycles. The molecule has 1 aliphatic heterocycles. The van der Waals surface area contributed by atoms with Gasteiger partial charge in [-0.2, -0.15) is 0 Å². The van der Waals surface area contributed by atoms with Crippen molar-refractivity contribution in [3.8, 4) is 0 Å². The quantitative estimate of drug-likeness (QED) is 0.791. The summed E-state index contributed by atoms with van der Waals surface area (Å²) in [5, 5.41) is 0.514. The molecule has 0 aliphatic carbocycles. The lowest BCUT2D eigenvalue weighted by molar-refractivity contribution is -0.174. The van der Waals surface area contributed by atoms with Gasteiger partial charge in [-0.3, -0.25) is 19.5 Å². The van der Waals surface area contributed by atoms with Crippen molar-refractivity contribution in [2.75, 3.05) is 14.1 Å². The Hall–Kier alpha value is -3.06. The summed E-state index contributed by atoms with van der Waals surface area (Å²) in [5.41, 5.74) is 1.04. The molecule has 0 spiro atoms. The Kier molecular flexibility index (Phi) is 4.09. The Labute approximate surface area is 138 Å². The highest BCUT2D eigenvalue weighted by atomic mass is 16.7. The van der Waals surface area contributed by atoms with E-state index in [-0.39, 0.29) is 11.1 Å². The maximum absolute atomic E-state index is 12.5. The monoisotopic (exact) mass is 325 g/mol. The van der Waals surface area contributed by atoms with Crippen LogP contribution in [0.1, 0.15) is 32.3 Å². The molecule has 122 valence electrons. The van der Waals surface area contributed by atoms with Crippen LogP contribution in [0, 0.1) is 0 Å². The van der Waals surface area contributed by atoms with Crippen molar-refractivity contribution in [1.29, 1.82) is 0 Å². The molecule has 0 radical (unpaired) electrons. The van der Waals surface area contributed by atoms with Crippen molar-refractivity contribution in [2.24, 2.45) is 0 Å². The van der Waals surface area contributed by atoms with E-state index in [2.05, 4.69) is 4.98 Å². The Morgan fingerprint density at radius 1 is 1.08 bits per heavy atom. The lowest BCUT2D eigenvalue weighted by atomic mass is 10.1. The van der Waals surface area contributed by atoms with Crippen molar-refractivity contribution in [3.05, 3.63) is 65.5 Å². The highest BCUT2D eigenvalue weighted by Crippen LogP contribution is 2.25. The van der Waals surface area contributed by atoms with Gasteiger partial charge < -0.3 is 4.84 Å². The summed E-state index contributed by atoms with van der Waals surface area (Å²) in [6.45, 7) is 0. The number of aromatic nitrogens is 1. The van der Waals surface area contributed by atoms with Gasteiger partial charge in [0.05, 0.1) is 11.1 Å². The molecule has 0 N–H and O–H groups in total. The van der Waals surface area contributed by atoms with E-state index in [1.54, 1.807) is 49.5 Å². The van der Waals surface area contributed by atoms with Crippen LogP contribution in [0.3, 0.4) is 0 Å². The van der Waals surface area contributed by atoms with E-state index in [0.717, 1.165) is 0 Å². The van der Waals surface area contributed by atoms with Crippen LogP contribution in [0.15, 0.2) is 48.8 Å². The van der Waals surface area contributed by atoms with Crippen molar-refractivity contribution < 1.29 is 19.2 Å². The first kappa shape index (κ1) is 15.8. The Morgan fingerprint density at radius 3 is 2.21 bits per heavy atom. The van der Waals surface area contributed by atoms with Crippen molar-refractivity contribution >= 4 is 17.8 Å². The number of amides is 2. The number of hydroxylamine groups is 2. The number of fused-ring (bicyclic) bond motifs is 1. The summed E-state index contributed by atoms with van der Waals surface area (Å²) < 4.78 is 0. The second kappa shape index (κ2) is 6.21. The zero-order valence-electron chi connectivity index (χ0n) is 13.2. The molecule has 0 fully saturated rings. The Balaban J connectivity index is 1.84. The number of benzene rings is 1. The van der Waals surface area contributed by atoms with Crippen LogP contribution in [0.5, 0.6) is 0 Å². The summed E-state index contributed by atoms with van der Waals surface area (Å²) in [5.74, 6) is -2.03. The number of nitrogens with zero attached hydrogens (tertiary/aromatic N) is 3. The molecule has 2 aromatic rings. The minimum absolute atomic E-state index is 0.220. The molecular formula is C17H15N3O4. The fourth-order valence-electron chi connectivity index (χ4n) is 2.57. The van der Waals surface area contributed by atoms with Crippen molar-refractivity contribution in [2.45, 2.75) is 6.04 Å². The van der Waals surface area contributed by atoms with Crippen LogP contribution >= 0.6 is 0 Å². The van der Waals surface area contributed by atoms with Gasteiger partial charge in [-0.25, -0.2) is 4.79 Å². The fraction of sp³-hybridized carbons (Fsp3) is 0.176. The van der Waals surface area contributed by atoms with Gasteiger partial charge in [-0.15, -0.1) is 0 Å². The Bertz CT molecular complexity index is 769. The van der Waals surface area contributed by atoms with Gasteiger partial charge in [0.15, 0.2) is 0 Å². The molecular weight excluding hydrogens is 310 g/mol. The van der Waals surface area contributed by atoms with Gasteiger partial charge in [0, 0.05) is 12.4 Å². The molecule has 2 heterocycles. The molecule has 1 aliphatic rings. The molecule has 7 heteroatoms. The van der Waals surface area contributed by atoms with Gasteiger partial charge in [0.2, 0.25) is 0 Å². The molecule has 7 nitrogen and oxygen atoms in total. The first-order valence-electron chi connectivity index (χ1n) is 7.26. The number of imide groups is 1. The predicted octanol–water partition coefficient (Wildman–Crippen LogP) is 1.44. The number of carbonyl (C=O) groups is 3. The fourth-order valence-corrected chi connectivity index (χ4v) is 2.57. The van der Waals surface area contributed by atoms with E-state index in [0.29, 0.717) is 10.6 Å². The number of likely N-dealkylation sites (N-methyl/N-ethyl adjacent to an activating group) is 1. The van der Waals surface area contributed by atoms with E-state index in [1.165, 1.54) is 18.3 Å². The molecule has 2 amide bonds. The number of hydrogen-bond acceptors (Lipinski definition) is 6. The lowest BCUT2D eigenvalue weighted by Gasteiger charge is -2.24. The third kappa shape index (κ3) is 2.65. The van der Waals surface area contributed by atoms with Gasteiger partial charge >= 0.3 is 5.97 Å². The van der Waals surface area contributed by atoms with E-state index in [9.17, 15) is 14.4 Å². The normalized spacial score (nSPS) is 14.7. The zero-order valence-corrected chi connectivity index (χ0v) is 13.2. The molecule has 0 saturated carbocycles. The maximum Gasteiger partial charge on any atom is 0.354 e. The summed E-state index contributed by atoms with van der Waals surface area (Å²) >= 11 is 0. The van der Waals surface area contributed by atoms with Crippen LogP contribution in [0.2, 0.25) is 0 Å². The minimum atomic E-state index is -0.789. The predicted molar refractivity (Wildman–Crippen MR) is 83.7 cm³/mol. The number of hydrogen-bond donors (Lipinski definition) is 0. The minimum Gasteiger partial charge on any atom is -0.328 e. The average molecular weight is 325 g/mol. The van der Waals surface area contributed by atoms with E-state index < -0.39 is 23.8 Å². The van der Waals surface area contributed by atoms with Crippen LogP contribution in [0.25, 0.3) is 0 Å². The molecule has 0 bridgehead atoms. The summed E-state index contributed by atoms with van der Waals surface area (Å²) in [6, 6.07) is 8.97. The van der Waals surface area contributed by atoms with E-state index in [4.69, 9.17) is 4.84 Å². The highest BCUT2D eigenvalue weighted by Gasteiger charge is 2.40. The summed E-state index contributed by atoms with van der Waals surface area (Å²) in [7, 11) is 3.39. The maximum atomic E-state index is 12.5.